The third-order valence-electron chi connectivity index (χ3n) is 4.86. The van der Waals surface area contributed by atoms with Gasteiger partial charge in [0, 0.05) is 30.0 Å². The molecule has 104 valence electrons. The van der Waals surface area contributed by atoms with Crippen LogP contribution in [-0.2, 0) is 6.54 Å². The lowest BCUT2D eigenvalue weighted by Gasteiger charge is -2.47. The Morgan fingerprint density at radius 2 is 2.11 bits per heavy atom. The minimum absolute atomic E-state index is 0.358. The van der Waals surface area contributed by atoms with Crippen LogP contribution in [0.15, 0.2) is 28.7 Å². The van der Waals surface area contributed by atoms with Gasteiger partial charge in [0.25, 0.3) is 0 Å². The van der Waals surface area contributed by atoms with Gasteiger partial charge in [-0.05, 0) is 30.9 Å². The Morgan fingerprint density at radius 3 is 2.95 bits per heavy atom. The van der Waals surface area contributed by atoms with E-state index in [2.05, 4.69) is 45.1 Å². The van der Waals surface area contributed by atoms with Crippen LogP contribution in [0, 0.1) is 5.92 Å². The predicted octanol–water partition coefficient (Wildman–Crippen LogP) is 3.58. The highest BCUT2D eigenvalue weighted by atomic mass is 79.9. The molecular weight excluding hydrogens is 302 g/mol. The highest BCUT2D eigenvalue weighted by molar-refractivity contribution is 9.10. The van der Waals surface area contributed by atoms with Gasteiger partial charge in [0.15, 0.2) is 0 Å². The van der Waals surface area contributed by atoms with Crippen LogP contribution in [0.4, 0.5) is 0 Å². The first kappa shape index (κ1) is 13.6. The number of hydrogen-bond acceptors (Lipinski definition) is 2. The SMILES string of the molecule is OC12CCCCC1CN(Cc1ccccc1Br)CC2. The van der Waals surface area contributed by atoms with Crippen LogP contribution in [0.5, 0.6) is 0 Å². The molecular formula is C16H22BrNO. The predicted molar refractivity (Wildman–Crippen MR) is 80.9 cm³/mol. The zero-order valence-electron chi connectivity index (χ0n) is 11.3. The van der Waals surface area contributed by atoms with Crippen molar-refractivity contribution in [3.63, 3.8) is 0 Å². The third-order valence-corrected chi connectivity index (χ3v) is 5.64. The lowest BCUT2D eigenvalue weighted by molar-refractivity contribution is -0.0968. The second kappa shape index (κ2) is 5.55. The van der Waals surface area contributed by atoms with E-state index in [0.717, 1.165) is 32.5 Å². The first-order valence-corrected chi connectivity index (χ1v) is 8.15. The van der Waals surface area contributed by atoms with E-state index in [9.17, 15) is 5.11 Å². The second-order valence-corrected chi connectivity index (χ2v) is 6.98. The molecule has 1 saturated carbocycles. The topological polar surface area (TPSA) is 23.5 Å². The number of halogens is 1. The largest absolute Gasteiger partial charge is 0.390 e. The molecule has 1 saturated heterocycles. The van der Waals surface area contributed by atoms with Crippen LogP contribution in [0.3, 0.4) is 0 Å². The van der Waals surface area contributed by atoms with Crippen molar-refractivity contribution in [2.45, 2.75) is 44.2 Å². The first-order chi connectivity index (χ1) is 9.17. The Labute approximate surface area is 123 Å². The number of rotatable bonds is 2. The fourth-order valence-corrected chi connectivity index (χ4v) is 4.06. The van der Waals surface area contributed by atoms with Crippen molar-refractivity contribution in [1.29, 1.82) is 0 Å². The van der Waals surface area contributed by atoms with E-state index in [1.807, 2.05) is 0 Å². The molecule has 2 fully saturated rings. The van der Waals surface area contributed by atoms with Crippen molar-refractivity contribution in [3.05, 3.63) is 34.3 Å². The van der Waals surface area contributed by atoms with Crippen molar-refractivity contribution in [2.75, 3.05) is 13.1 Å². The number of fused-ring (bicyclic) bond motifs is 1. The fourth-order valence-electron chi connectivity index (χ4n) is 3.65. The Bertz CT molecular complexity index is 450. The van der Waals surface area contributed by atoms with Crippen molar-refractivity contribution >= 4 is 15.9 Å². The lowest BCUT2D eigenvalue weighted by atomic mass is 9.71. The molecule has 3 rings (SSSR count). The number of nitrogens with zero attached hydrogens (tertiary/aromatic N) is 1. The van der Waals surface area contributed by atoms with Crippen molar-refractivity contribution < 1.29 is 5.11 Å². The van der Waals surface area contributed by atoms with E-state index in [1.54, 1.807) is 0 Å². The molecule has 2 aliphatic rings. The molecule has 1 aliphatic carbocycles. The van der Waals surface area contributed by atoms with Crippen LogP contribution in [0.1, 0.15) is 37.7 Å². The molecule has 0 spiro atoms. The summed E-state index contributed by atoms with van der Waals surface area (Å²) in [5.41, 5.74) is 0.992. The van der Waals surface area contributed by atoms with E-state index in [1.165, 1.54) is 29.3 Å². The van der Waals surface area contributed by atoms with Gasteiger partial charge in [-0.15, -0.1) is 0 Å². The van der Waals surface area contributed by atoms with Crippen LogP contribution >= 0.6 is 15.9 Å². The summed E-state index contributed by atoms with van der Waals surface area (Å²) in [4.78, 5) is 2.50. The average molecular weight is 324 g/mol. The van der Waals surface area contributed by atoms with Gasteiger partial charge in [0.1, 0.15) is 0 Å². The Kier molecular flexibility index (Phi) is 3.97. The zero-order chi connectivity index (χ0) is 13.3. The van der Waals surface area contributed by atoms with Gasteiger partial charge in [0.2, 0.25) is 0 Å². The summed E-state index contributed by atoms with van der Waals surface area (Å²) in [6.45, 7) is 3.07. The molecule has 1 heterocycles. The number of hydrogen-bond donors (Lipinski definition) is 1. The molecule has 0 aromatic heterocycles. The Balaban J connectivity index is 1.67. The fraction of sp³-hybridized carbons (Fsp3) is 0.625. The second-order valence-electron chi connectivity index (χ2n) is 6.12. The number of piperidine rings is 1. The monoisotopic (exact) mass is 323 g/mol. The minimum atomic E-state index is -0.358. The highest BCUT2D eigenvalue weighted by Gasteiger charge is 2.42. The Morgan fingerprint density at radius 1 is 1.26 bits per heavy atom. The maximum atomic E-state index is 10.7. The van der Waals surface area contributed by atoms with Gasteiger partial charge in [-0.2, -0.15) is 0 Å². The molecule has 1 aromatic rings. The molecule has 1 aromatic carbocycles. The zero-order valence-corrected chi connectivity index (χ0v) is 12.9. The summed E-state index contributed by atoms with van der Waals surface area (Å²) < 4.78 is 1.19. The molecule has 0 bridgehead atoms. The molecule has 2 atom stereocenters. The summed E-state index contributed by atoms with van der Waals surface area (Å²) in [5.74, 6) is 0.484. The van der Waals surface area contributed by atoms with E-state index in [4.69, 9.17) is 0 Å². The van der Waals surface area contributed by atoms with E-state index in [-0.39, 0.29) is 5.60 Å². The third kappa shape index (κ3) is 2.88. The Hall–Kier alpha value is -0.380. The number of benzene rings is 1. The summed E-state index contributed by atoms with van der Waals surface area (Å²) >= 11 is 3.63. The lowest BCUT2D eigenvalue weighted by Crippen LogP contribution is -2.52. The summed E-state index contributed by atoms with van der Waals surface area (Å²) in [6, 6.07) is 8.45. The van der Waals surface area contributed by atoms with Gasteiger partial charge < -0.3 is 5.11 Å². The van der Waals surface area contributed by atoms with Crippen LogP contribution in [0.2, 0.25) is 0 Å². The summed E-state index contributed by atoms with van der Waals surface area (Å²) in [5, 5.41) is 10.7. The highest BCUT2D eigenvalue weighted by Crippen LogP contribution is 2.40. The normalized spacial score (nSPS) is 32.0. The molecule has 3 heteroatoms. The quantitative estimate of drug-likeness (QED) is 0.899. The molecule has 2 nitrogen and oxygen atoms in total. The molecule has 1 aliphatic heterocycles. The van der Waals surface area contributed by atoms with Gasteiger partial charge >= 0.3 is 0 Å². The molecule has 0 radical (unpaired) electrons. The average Bonchev–Trinajstić information content (AvgIpc) is 2.41. The standard InChI is InChI=1S/C16H22BrNO/c17-15-7-2-1-5-13(15)11-18-10-9-16(19)8-4-3-6-14(16)12-18/h1-2,5,7,14,19H,3-4,6,8-12H2. The maximum absolute atomic E-state index is 10.7. The summed E-state index contributed by atoms with van der Waals surface area (Å²) in [6.07, 6.45) is 5.65. The molecule has 0 amide bonds. The van der Waals surface area contributed by atoms with Gasteiger partial charge in [-0.1, -0.05) is 47.0 Å². The van der Waals surface area contributed by atoms with Gasteiger partial charge in [0.05, 0.1) is 5.60 Å². The molecule has 1 N–H and O–H groups in total. The minimum Gasteiger partial charge on any atom is -0.390 e. The van der Waals surface area contributed by atoms with E-state index < -0.39 is 0 Å². The molecule has 19 heavy (non-hydrogen) atoms. The first-order valence-electron chi connectivity index (χ1n) is 7.35. The van der Waals surface area contributed by atoms with Crippen molar-refractivity contribution in [3.8, 4) is 0 Å². The number of likely N-dealkylation sites (tertiary alicyclic amines) is 1. The maximum Gasteiger partial charge on any atom is 0.0700 e. The number of aliphatic hydroxyl groups is 1. The van der Waals surface area contributed by atoms with Crippen LogP contribution < -0.4 is 0 Å². The summed E-state index contributed by atoms with van der Waals surface area (Å²) in [7, 11) is 0. The van der Waals surface area contributed by atoms with Gasteiger partial charge in [-0.3, -0.25) is 4.90 Å². The van der Waals surface area contributed by atoms with Crippen LogP contribution in [0.25, 0.3) is 0 Å². The van der Waals surface area contributed by atoms with E-state index in [0.29, 0.717) is 5.92 Å². The smallest absolute Gasteiger partial charge is 0.0700 e. The van der Waals surface area contributed by atoms with E-state index >= 15 is 0 Å². The van der Waals surface area contributed by atoms with Crippen molar-refractivity contribution in [1.82, 2.24) is 4.90 Å². The molecule has 2 unspecified atom stereocenters. The van der Waals surface area contributed by atoms with Crippen LogP contribution in [-0.4, -0.2) is 28.7 Å². The van der Waals surface area contributed by atoms with Gasteiger partial charge in [-0.25, -0.2) is 0 Å². The van der Waals surface area contributed by atoms with Crippen molar-refractivity contribution in [2.24, 2.45) is 5.92 Å².